The summed E-state index contributed by atoms with van der Waals surface area (Å²) in [5.41, 5.74) is -0.0117. The van der Waals surface area contributed by atoms with Crippen LogP contribution in [0.5, 0.6) is 0 Å². The lowest BCUT2D eigenvalue weighted by molar-refractivity contribution is 0.209. The molecule has 2 aromatic rings. The average Bonchev–Trinajstić information content (AvgIpc) is 2.35. The van der Waals surface area contributed by atoms with Crippen LogP contribution in [0, 0.1) is 24.4 Å². The second kappa shape index (κ2) is 4.82. The highest BCUT2D eigenvalue weighted by atomic mass is 19.1. The molecule has 0 fully saturated rings. The molecule has 2 rings (SSSR count). The smallest absolute Gasteiger partial charge is 0.132 e. The Kier molecular flexibility index (Phi) is 3.39. The molecule has 0 bridgehead atoms. The van der Waals surface area contributed by atoms with Crippen LogP contribution in [0.3, 0.4) is 0 Å². The van der Waals surface area contributed by atoms with Crippen molar-refractivity contribution in [2.75, 3.05) is 0 Å². The lowest BCUT2D eigenvalue weighted by Gasteiger charge is -2.14. The quantitative estimate of drug-likeness (QED) is 0.867. The summed E-state index contributed by atoms with van der Waals surface area (Å²) >= 11 is 0. The Morgan fingerprint density at radius 1 is 1.00 bits per heavy atom. The van der Waals surface area contributed by atoms with Crippen LogP contribution in [0.25, 0.3) is 0 Å². The van der Waals surface area contributed by atoms with Crippen LogP contribution < -0.4 is 0 Å². The van der Waals surface area contributed by atoms with Crippen LogP contribution in [-0.4, -0.2) is 5.11 Å². The molecular weight excluding hydrogens is 241 g/mol. The zero-order valence-electron chi connectivity index (χ0n) is 9.62. The van der Waals surface area contributed by atoms with Crippen LogP contribution in [-0.2, 0) is 0 Å². The maximum Gasteiger partial charge on any atom is 0.132 e. The minimum absolute atomic E-state index is 0.0699. The van der Waals surface area contributed by atoms with Gasteiger partial charge in [-0.15, -0.1) is 0 Å². The second-order valence-electron chi connectivity index (χ2n) is 4.05. The Labute approximate surface area is 103 Å². The third-order valence-corrected chi connectivity index (χ3v) is 2.77. The van der Waals surface area contributed by atoms with E-state index >= 15 is 0 Å². The van der Waals surface area contributed by atoms with E-state index in [1.54, 1.807) is 6.07 Å². The Morgan fingerprint density at radius 3 is 2.44 bits per heavy atom. The summed E-state index contributed by atoms with van der Waals surface area (Å²) in [7, 11) is 0. The summed E-state index contributed by atoms with van der Waals surface area (Å²) in [4.78, 5) is 0. The molecule has 18 heavy (non-hydrogen) atoms. The minimum Gasteiger partial charge on any atom is -0.383 e. The summed E-state index contributed by atoms with van der Waals surface area (Å²) in [6.45, 7) is 1.54. The van der Waals surface area contributed by atoms with E-state index in [0.29, 0.717) is 5.56 Å². The SMILES string of the molecule is Cc1cccc(C(O)c2cc(F)ccc2F)c1F. The van der Waals surface area contributed by atoms with Gasteiger partial charge in [-0.25, -0.2) is 13.2 Å². The molecule has 1 nitrogen and oxygen atoms in total. The van der Waals surface area contributed by atoms with Gasteiger partial charge in [-0.1, -0.05) is 18.2 Å². The summed E-state index contributed by atoms with van der Waals surface area (Å²) < 4.78 is 40.3. The number of hydrogen-bond acceptors (Lipinski definition) is 1. The van der Waals surface area contributed by atoms with Crippen LogP contribution in [0.4, 0.5) is 13.2 Å². The lowest BCUT2D eigenvalue weighted by Crippen LogP contribution is -2.06. The fraction of sp³-hybridized carbons (Fsp3) is 0.143. The van der Waals surface area contributed by atoms with E-state index in [4.69, 9.17) is 0 Å². The number of rotatable bonds is 2. The first-order valence-corrected chi connectivity index (χ1v) is 5.38. The summed E-state index contributed by atoms with van der Waals surface area (Å²) in [6.07, 6.45) is -1.53. The molecule has 0 heterocycles. The summed E-state index contributed by atoms with van der Waals surface area (Å²) in [5, 5.41) is 9.96. The molecule has 0 spiro atoms. The third-order valence-electron chi connectivity index (χ3n) is 2.77. The highest BCUT2D eigenvalue weighted by molar-refractivity contribution is 5.34. The first kappa shape index (κ1) is 12.6. The highest BCUT2D eigenvalue weighted by Crippen LogP contribution is 2.27. The number of hydrogen-bond donors (Lipinski definition) is 1. The maximum atomic E-state index is 13.8. The monoisotopic (exact) mass is 252 g/mol. The van der Waals surface area contributed by atoms with Crippen molar-refractivity contribution in [1.29, 1.82) is 0 Å². The molecule has 4 heteroatoms. The van der Waals surface area contributed by atoms with Gasteiger partial charge in [0.25, 0.3) is 0 Å². The maximum absolute atomic E-state index is 13.8. The van der Waals surface area contributed by atoms with Crippen molar-refractivity contribution in [2.45, 2.75) is 13.0 Å². The molecule has 0 aliphatic heterocycles. The van der Waals surface area contributed by atoms with Crippen molar-refractivity contribution in [3.05, 3.63) is 70.5 Å². The lowest BCUT2D eigenvalue weighted by atomic mass is 9.99. The van der Waals surface area contributed by atoms with E-state index in [9.17, 15) is 18.3 Å². The first-order chi connectivity index (χ1) is 8.50. The highest BCUT2D eigenvalue weighted by Gasteiger charge is 2.19. The van der Waals surface area contributed by atoms with Gasteiger partial charge >= 0.3 is 0 Å². The van der Waals surface area contributed by atoms with E-state index < -0.39 is 23.6 Å². The van der Waals surface area contributed by atoms with Gasteiger partial charge in [0.05, 0.1) is 0 Å². The van der Waals surface area contributed by atoms with Crippen molar-refractivity contribution in [2.24, 2.45) is 0 Å². The number of aryl methyl sites for hydroxylation is 1. The minimum atomic E-state index is -1.53. The number of aliphatic hydroxyl groups excluding tert-OH is 1. The van der Waals surface area contributed by atoms with E-state index in [0.717, 1.165) is 18.2 Å². The molecule has 2 aromatic carbocycles. The zero-order valence-corrected chi connectivity index (χ0v) is 9.62. The largest absolute Gasteiger partial charge is 0.383 e. The van der Waals surface area contributed by atoms with E-state index in [1.165, 1.54) is 19.1 Å². The summed E-state index contributed by atoms with van der Waals surface area (Å²) in [6, 6.07) is 7.14. The third kappa shape index (κ3) is 2.24. The Balaban J connectivity index is 2.51. The van der Waals surface area contributed by atoms with Gasteiger partial charge in [-0.2, -0.15) is 0 Å². The molecule has 0 aliphatic carbocycles. The van der Waals surface area contributed by atoms with Gasteiger partial charge in [-0.05, 0) is 30.7 Å². The summed E-state index contributed by atoms with van der Waals surface area (Å²) in [5.74, 6) is -2.07. The van der Waals surface area contributed by atoms with Gasteiger partial charge in [0.1, 0.15) is 23.6 Å². The van der Waals surface area contributed by atoms with Crippen molar-refractivity contribution < 1.29 is 18.3 Å². The predicted molar refractivity (Wildman–Crippen MR) is 61.6 cm³/mol. The zero-order chi connectivity index (χ0) is 13.3. The van der Waals surface area contributed by atoms with Crippen molar-refractivity contribution >= 4 is 0 Å². The van der Waals surface area contributed by atoms with Crippen LogP contribution >= 0.6 is 0 Å². The van der Waals surface area contributed by atoms with Crippen molar-refractivity contribution in [3.63, 3.8) is 0 Å². The van der Waals surface area contributed by atoms with Gasteiger partial charge in [0.2, 0.25) is 0 Å². The van der Waals surface area contributed by atoms with E-state index in [1.807, 2.05) is 0 Å². The number of halogens is 3. The standard InChI is InChI=1S/C14H11F3O/c1-8-3-2-4-10(13(8)17)14(18)11-7-9(15)5-6-12(11)16/h2-7,14,18H,1H3. The molecular formula is C14H11F3O. The Hall–Kier alpha value is -1.81. The average molecular weight is 252 g/mol. The molecule has 94 valence electrons. The topological polar surface area (TPSA) is 20.2 Å². The van der Waals surface area contributed by atoms with E-state index in [2.05, 4.69) is 0 Å². The molecule has 0 amide bonds. The van der Waals surface area contributed by atoms with Crippen LogP contribution in [0.2, 0.25) is 0 Å². The predicted octanol–water partition coefficient (Wildman–Crippen LogP) is 3.49. The Morgan fingerprint density at radius 2 is 1.72 bits per heavy atom. The fourth-order valence-corrected chi connectivity index (χ4v) is 1.77. The van der Waals surface area contributed by atoms with Crippen LogP contribution in [0.15, 0.2) is 36.4 Å². The Bertz CT molecular complexity index is 579. The van der Waals surface area contributed by atoms with Crippen molar-refractivity contribution in [3.8, 4) is 0 Å². The normalized spacial score (nSPS) is 12.5. The molecule has 0 aromatic heterocycles. The molecule has 0 radical (unpaired) electrons. The first-order valence-electron chi connectivity index (χ1n) is 5.38. The number of benzene rings is 2. The van der Waals surface area contributed by atoms with Gasteiger partial charge in [-0.3, -0.25) is 0 Å². The fourth-order valence-electron chi connectivity index (χ4n) is 1.77. The second-order valence-corrected chi connectivity index (χ2v) is 4.05. The molecule has 1 N–H and O–H groups in total. The van der Waals surface area contributed by atoms with Gasteiger partial charge < -0.3 is 5.11 Å². The molecule has 0 saturated carbocycles. The van der Waals surface area contributed by atoms with Gasteiger partial charge in [0, 0.05) is 11.1 Å². The van der Waals surface area contributed by atoms with E-state index in [-0.39, 0.29) is 11.1 Å². The van der Waals surface area contributed by atoms with Crippen molar-refractivity contribution in [1.82, 2.24) is 0 Å². The molecule has 0 aliphatic rings. The molecule has 0 saturated heterocycles. The molecule has 1 atom stereocenters. The van der Waals surface area contributed by atoms with Crippen LogP contribution in [0.1, 0.15) is 22.8 Å². The number of aliphatic hydroxyl groups is 1. The van der Waals surface area contributed by atoms with Gasteiger partial charge in [0.15, 0.2) is 0 Å². The molecule has 1 unspecified atom stereocenters.